The Balaban J connectivity index is 1.75. The zero-order valence-corrected chi connectivity index (χ0v) is 17.6. The van der Waals surface area contributed by atoms with Gasteiger partial charge in [-0.1, -0.05) is 6.07 Å². The van der Waals surface area contributed by atoms with Gasteiger partial charge in [-0.2, -0.15) is 0 Å². The summed E-state index contributed by atoms with van der Waals surface area (Å²) in [7, 11) is -3.43. The van der Waals surface area contributed by atoms with Crippen molar-refractivity contribution in [2.45, 2.75) is 32.2 Å². The highest BCUT2D eigenvalue weighted by Gasteiger charge is 2.32. The number of nitrogens with zero attached hydrogens (tertiary/aromatic N) is 3. The van der Waals surface area contributed by atoms with E-state index < -0.39 is 21.8 Å². The van der Waals surface area contributed by atoms with Crippen molar-refractivity contribution in [3.05, 3.63) is 41.7 Å². The molecule has 2 aromatic heterocycles. The van der Waals surface area contributed by atoms with Crippen LogP contribution in [0.15, 0.2) is 30.6 Å². The van der Waals surface area contributed by atoms with Crippen LogP contribution in [-0.2, 0) is 19.6 Å². The predicted molar refractivity (Wildman–Crippen MR) is 113 cm³/mol. The number of hydrogen-bond acceptors (Lipinski definition) is 7. The molecule has 2 amide bonds. The number of carbonyl (C=O) groups excluding carboxylic acids is 2. The number of piperidine rings is 1. The number of pyridine rings is 2. The summed E-state index contributed by atoms with van der Waals surface area (Å²) in [4.78, 5) is 35.0. The average molecular weight is 433 g/mol. The highest BCUT2D eigenvalue weighted by Crippen LogP contribution is 2.31. The van der Waals surface area contributed by atoms with E-state index in [1.807, 2.05) is 0 Å². The number of rotatable bonds is 4. The van der Waals surface area contributed by atoms with Gasteiger partial charge in [0, 0.05) is 12.7 Å². The number of sulfonamides is 1. The van der Waals surface area contributed by atoms with E-state index >= 15 is 0 Å². The fourth-order valence-corrected chi connectivity index (χ4v) is 3.84. The number of amides is 2. The molecule has 3 rings (SSSR count). The Hall–Kier alpha value is -3.21. The maximum absolute atomic E-state index is 12.8. The van der Waals surface area contributed by atoms with Gasteiger partial charge in [0.15, 0.2) is 0 Å². The lowest BCUT2D eigenvalue weighted by Crippen LogP contribution is -2.44. The van der Waals surface area contributed by atoms with Gasteiger partial charge < -0.3 is 16.0 Å². The minimum atomic E-state index is -3.43. The van der Waals surface area contributed by atoms with Gasteiger partial charge in [0.25, 0.3) is 0 Å². The average Bonchev–Trinajstić information content (AvgIpc) is 2.69. The molecule has 0 spiro atoms. The molecule has 0 unspecified atom stereocenters. The third-order valence-corrected chi connectivity index (χ3v) is 5.38. The summed E-state index contributed by atoms with van der Waals surface area (Å²) in [5.41, 5.74) is 7.51. The Morgan fingerprint density at radius 2 is 1.97 bits per heavy atom. The van der Waals surface area contributed by atoms with Gasteiger partial charge in [0.2, 0.25) is 10.0 Å². The number of hydrogen-bond donors (Lipinski definition) is 3. The molecule has 11 heteroatoms. The molecule has 3 heterocycles. The molecule has 1 aliphatic rings. The van der Waals surface area contributed by atoms with Crippen LogP contribution in [0.2, 0.25) is 0 Å². The number of nitrogens with one attached hydrogen (secondary N) is 2. The van der Waals surface area contributed by atoms with Crippen LogP contribution < -0.4 is 15.8 Å². The van der Waals surface area contributed by atoms with Crippen molar-refractivity contribution in [1.82, 2.24) is 14.9 Å². The number of nitrogens with two attached hydrogens (primary N) is 1. The number of aryl methyl sites for hydroxylation is 1. The molecule has 2 aromatic rings. The molecule has 160 valence electrons. The maximum atomic E-state index is 12.8. The molecule has 10 nitrogen and oxygen atoms in total. The number of nitrogen functional groups attached to an aromatic ring is 1. The fourth-order valence-electron chi connectivity index (χ4n) is 3.34. The second-order valence-corrected chi connectivity index (χ2v) is 8.99. The topological polar surface area (TPSA) is 147 Å². The molecule has 0 saturated carbocycles. The molecule has 30 heavy (non-hydrogen) atoms. The fraction of sp³-hybridized carbons (Fsp3) is 0.368. The third-order valence-electron chi connectivity index (χ3n) is 4.80. The van der Waals surface area contributed by atoms with Gasteiger partial charge in [-0.25, -0.2) is 18.4 Å². The standard InChI is InChI=1S/C19H24N6O4S/c1-12-9-14(11-22-17(12)20)23-18(26)19(27)25-8-4-3-5-15(25)13-6-7-16(21-10-13)24-30(2,28)29/h6-7,9-11,15H,3-5,8H2,1-2H3,(H2,20,22)(H,21,24)(H,23,26)/t15-/m0/s1. The molecule has 0 aromatic carbocycles. The highest BCUT2D eigenvalue weighted by atomic mass is 32.2. The lowest BCUT2D eigenvalue weighted by Gasteiger charge is -2.35. The first-order valence-corrected chi connectivity index (χ1v) is 11.3. The van der Waals surface area contributed by atoms with Crippen molar-refractivity contribution in [3.8, 4) is 0 Å². The van der Waals surface area contributed by atoms with E-state index in [2.05, 4.69) is 20.0 Å². The van der Waals surface area contributed by atoms with Crippen molar-refractivity contribution in [2.24, 2.45) is 0 Å². The molecule has 0 radical (unpaired) electrons. The van der Waals surface area contributed by atoms with Gasteiger partial charge in [0.1, 0.15) is 11.6 Å². The second kappa shape index (κ2) is 8.66. The summed E-state index contributed by atoms with van der Waals surface area (Å²) in [6, 6.07) is 4.58. The summed E-state index contributed by atoms with van der Waals surface area (Å²) in [5.74, 6) is -0.848. The first-order chi connectivity index (χ1) is 14.1. The van der Waals surface area contributed by atoms with E-state index in [-0.39, 0.29) is 11.9 Å². The number of likely N-dealkylation sites (tertiary alicyclic amines) is 1. The smallest absolute Gasteiger partial charge is 0.313 e. The minimum absolute atomic E-state index is 0.193. The van der Waals surface area contributed by atoms with Gasteiger partial charge in [-0.3, -0.25) is 14.3 Å². The number of aromatic nitrogens is 2. The molecule has 1 fully saturated rings. The summed E-state index contributed by atoms with van der Waals surface area (Å²) < 4.78 is 25.0. The van der Waals surface area contributed by atoms with Gasteiger partial charge in [-0.15, -0.1) is 0 Å². The monoisotopic (exact) mass is 432 g/mol. The van der Waals surface area contributed by atoms with Crippen molar-refractivity contribution >= 4 is 39.2 Å². The molecule has 0 aliphatic carbocycles. The molecule has 1 saturated heterocycles. The van der Waals surface area contributed by atoms with E-state index in [0.717, 1.165) is 24.7 Å². The van der Waals surface area contributed by atoms with Crippen LogP contribution >= 0.6 is 0 Å². The van der Waals surface area contributed by atoms with Crippen LogP contribution in [0.3, 0.4) is 0 Å². The number of anilines is 3. The Bertz CT molecular complexity index is 1060. The third kappa shape index (κ3) is 5.23. The molecule has 0 bridgehead atoms. The SMILES string of the molecule is Cc1cc(NC(=O)C(=O)N2CCCC[C@H]2c2ccc(NS(C)(=O)=O)nc2)cnc1N. The Kier molecular flexibility index (Phi) is 6.20. The Morgan fingerprint density at radius 1 is 1.20 bits per heavy atom. The van der Waals surface area contributed by atoms with Crippen molar-refractivity contribution in [2.75, 3.05) is 28.6 Å². The van der Waals surface area contributed by atoms with Crippen molar-refractivity contribution < 1.29 is 18.0 Å². The Labute approximate surface area is 174 Å². The van der Waals surface area contributed by atoms with E-state index in [1.54, 1.807) is 19.1 Å². The summed E-state index contributed by atoms with van der Waals surface area (Å²) in [6.07, 6.45) is 6.34. The van der Waals surface area contributed by atoms with Crippen LogP contribution in [0, 0.1) is 6.92 Å². The van der Waals surface area contributed by atoms with Crippen LogP contribution in [0.1, 0.15) is 36.4 Å². The zero-order chi connectivity index (χ0) is 21.9. The van der Waals surface area contributed by atoms with E-state index in [0.29, 0.717) is 30.0 Å². The molecule has 4 N–H and O–H groups in total. The largest absolute Gasteiger partial charge is 0.383 e. The molecular formula is C19H24N6O4S. The summed E-state index contributed by atoms with van der Waals surface area (Å²) in [6.45, 7) is 2.20. The lowest BCUT2D eigenvalue weighted by molar-refractivity contribution is -0.145. The quantitative estimate of drug-likeness (QED) is 0.619. The Morgan fingerprint density at radius 3 is 2.60 bits per heavy atom. The highest BCUT2D eigenvalue weighted by molar-refractivity contribution is 7.92. The molecule has 1 aliphatic heterocycles. The van der Waals surface area contributed by atoms with Crippen LogP contribution in [0.25, 0.3) is 0 Å². The summed E-state index contributed by atoms with van der Waals surface area (Å²) >= 11 is 0. The minimum Gasteiger partial charge on any atom is -0.383 e. The van der Waals surface area contributed by atoms with E-state index in [9.17, 15) is 18.0 Å². The van der Waals surface area contributed by atoms with Crippen LogP contribution in [0.5, 0.6) is 0 Å². The first-order valence-electron chi connectivity index (χ1n) is 9.42. The van der Waals surface area contributed by atoms with E-state index in [1.165, 1.54) is 23.4 Å². The zero-order valence-electron chi connectivity index (χ0n) is 16.8. The molecule has 1 atom stereocenters. The van der Waals surface area contributed by atoms with E-state index in [4.69, 9.17) is 5.73 Å². The van der Waals surface area contributed by atoms with Crippen molar-refractivity contribution in [1.29, 1.82) is 0 Å². The van der Waals surface area contributed by atoms with Crippen LogP contribution in [-0.4, -0.2) is 47.9 Å². The van der Waals surface area contributed by atoms with Crippen molar-refractivity contribution in [3.63, 3.8) is 0 Å². The first kappa shape index (κ1) is 21.5. The van der Waals surface area contributed by atoms with Gasteiger partial charge in [0.05, 0.1) is 24.2 Å². The number of carbonyl (C=O) groups is 2. The lowest BCUT2D eigenvalue weighted by atomic mass is 9.96. The second-order valence-electron chi connectivity index (χ2n) is 7.24. The normalized spacial score (nSPS) is 16.7. The van der Waals surface area contributed by atoms with Gasteiger partial charge in [-0.05, 0) is 49.4 Å². The molecular weight excluding hydrogens is 408 g/mol. The predicted octanol–water partition coefficient (Wildman–Crippen LogP) is 1.43. The maximum Gasteiger partial charge on any atom is 0.313 e. The van der Waals surface area contributed by atoms with Gasteiger partial charge >= 0.3 is 11.8 Å². The van der Waals surface area contributed by atoms with Crippen LogP contribution in [0.4, 0.5) is 17.3 Å². The summed E-state index contributed by atoms with van der Waals surface area (Å²) in [5, 5.41) is 2.57.